The summed E-state index contributed by atoms with van der Waals surface area (Å²) in [6, 6.07) is 8.83. The van der Waals surface area contributed by atoms with Crippen molar-refractivity contribution in [3.05, 3.63) is 41.0 Å². The number of ether oxygens (including phenoxy) is 1. The first-order chi connectivity index (χ1) is 14.0. The van der Waals surface area contributed by atoms with E-state index in [1.54, 1.807) is 25.3 Å². The van der Waals surface area contributed by atoms with E-state index in [9.17, 15) is 9.90 Å². The fraction of sp³-hybridized carbons (Fsp3) is 0.364. The molecule has 0 spiro atoms. The Morgan fingerprint density at radius 1 is 1.28 bits per heavy atom. The first-order valence-electron chi connectivity index (χ1n) is 9.77. The van der Waals surface area contributed by atoms with Gasteiger partial charge in [0.05, 0.1) is 12.0 Å². The van der Waals surface area contributed by atoms with Crippen molar-refractivity contribution in [2.75, 3.05) is 7.11 Å². The SMILES string of the molecule is COc1cc(O)cc(-c2ccc(/C=C3\SC(=S)N(C4CC5CCC4C5)C3=O)o2)c1. The molecule has 5 rings (SSSR count). The van der Waals surface area contributed by atoms with Gasteiger partial charge in [-0.3, -0.25) is 9.69 Å². The van der Waals surface area contributed by atoms with Gasteiger partial charge in [0.15, 0.2) is 0 Å². The number of methoxy groups -OCH3 is 1. The minimum absolute atomic E-state index is 0.00507. The summed E-state index contributed by atoms with van der Waals surface area (Å²) in [7, 11) is 1.55. The second-order valence-corrected chi connectivity index (χ2v) is 9.59. The smallest absolute Gasteiger partial charge is 0.266 e. The van der Waals surface area contributed by atoms with Crippen molar-refractivity contribution in [2.45, 2.75) is 31.7 Å². The number of fused-ring (bicyclic) bond motifs is 2. The van der Waals surface area contributed by atoms with Crippen molar-refractivity contribution in [3.63, 3.8) is 0 Å². The average molecular weight is 428 g/mol. The summed E-state index contributed by atoms with van der Waals surface area (Å²) >= 11 is 6.90. The number of nitrogens with zero attached hydrogens (tertiary/aromatic N) is 1. The van der Waals surface area contributed by atoms with Crippen LogP contribution in [-0.4, -0.2) is 33.4 Å². The maximum Gasteiger partial charge on any atom is 0.266 e. The third kappa shape index (κ3) is 3.36. The minimum Gasteiger partial charge on any atom is -0.508 e. The van der Waals surface area contributed by atoms with Crippen LogP contribution in [0.15, 0.2) is 39.7 Å². The molecule has 29 heavy (non-hydrogen) atoms. The van der Waals surface area contributed by atoms with Crippen molar-refractivity contribution in [1.82, 2.24) is 4.90 Å². The monoisotopic (exact) mass is 427 g/mol. The van der Waals surface area contributed by atoms with E-state index in [-0.39, 0.29) is 17.7 Å². The fourth-order valence-corrected chi connectivity index (χ4v) is 6.20. The van der Waals surface area contributed by atoms with Crippen LogP contribution in [0.5, 0.6) is 11.5 Å². The molecule has 3 atom stereocenters. The largest absolute Gasteiger partial charge is 0.508 e. The van der Waals surface area contributed by atoms with Crippen LogP contribution in [-0.2, 0) is 4.79 Å². The van der Waals surface area contributed by atoms with Crippen LogP contribution in [0.25, 0.3) is 17.4 Å². The quantitative estimate of drug-likeness (QED) is 0.544. The summed E-state index contributed by atoms with van der Waals surface area (Å²) in [6.45, 7) is 0. The number of thioether (sulfide) groups is 1. The van der Waals surface area contributed by atoms with Gasteiger partial charge in [0.25, 0.3) is 5.91 Å². The number of carbonyl (C=O) groups excluding carboxylic acids is 1. The van der Waals surface area contributed by atoms with Gasteiger partial charge >= 0.3 is 0 Å². The summed E-state index contributed by atoms with van der Waals surface area (Å²) in [5.41, 5.74) is 0.705. The summed E-state index contributed by atoms with van der Waals surface area (Å²) in [5.74, 6) is 3.16. The first-order valence-corrected chi connectivity index (χ1v) is 11.0. The normalized spacial score (nSPS) is 27.4. The molecule has 1 N–H and O–H groups in total. The molecule has 2 aliphatic carbocycles. The molecular weight excluding hydrogens is 406 g/mol. The standard InChI is InChI=1S/C22H21NO4S2/c1-26-17-9-14(8-15(24)10-17)19-5-4-16(27-19)11-20-21(25)23(22(28)29-20)18-7-12-2-3-13(18)6-12/h4-5,8-13,18,24H,2-3,6-7H2,1H3/b20-11-. The number of phenols is 1. The highest BCUT2D eigenvalue weighted by molar-refractivity contribution is 8.26. The Morgan fingerprint density at radius 2 is 2.14 bits per heavy atom. The maximum absolute atomic E-state index is 13.0. The number of aromatic hydroxyl groups is 1. The van der Waals surface area contributed by atoms with Crippen LogP contribution < -0.4 is 4.74 Å². The highest BCUT2D eigenvalue weighted by Gasteiger charge is 2.47. The van der Waals surface area contributed by atoms with Crippen molar-refractivity contribution in [2.24, 2.45) is 11.8 Å². The summed E-state index contributed by atoms with van der Waals surface area (Å²) in [5, 5.41) is 9.86. The third-order valence-electron chi connectivity index (χ3n) is 6.17. The van der Waals surface area contributed by atoms with Crippen molar-refractivity contribution in [1.29, 1.82) is 0 Å². The van der Waals surface area contributed by atoms with Gasteiger partial charge in [0, 0.05) is 23.7 Å². The Kier molecular flexibility index (Phi) is 4.67. The highest BCUT2D eigenvalue weighted by Crippen LogP contribution is 2.49. The van der Waals surface area contributed by atoms with E-state index in [1.807, 2.05) is 17.0 Å². The summed E-state index contributed by atoms with van der Waals surface area (Å²) < 4.78 is 11.8. The Balaban J connectivity index is 1.38. The molecule has 1 aliphatic heterocycles. The van der Waals surface area contributed by atoms with Gasteiger partial charge in [-0.2, -0.15) is 0 Å². The lowest BCUT2D eigenvalue weighted by Gasteiger charge is -2.30. The molecule has 1 aromatic heterocycles. The molecule has 1 amide bonds. The molecule has 2 saturated carbocycles. The van der Waals surface area contributed by atoms with Crippen LogP contribution in [0.1, 0.15) is 31.4 Å². The van der Waals surface area contributed by atoms with Gasteiger partial charge < -0.3 is 14.3 Å². The van der Waals surface area contributed by atoms with Crippen LogP contribution in [0.4, 0.5) is 0 Å². The number of rotatable bonds is 4. The van der Waals surface area contributed by atoms with Crippen molar-refractivity contribution >= 4 is 40.3 Å². The van der Waals surface area contributed by atoms with E-state index in [0.29, 0.717) is 38.0 Å². The number of amides is 1. The van der Waals surface area contributed by atoms with E-state index in [2.05, 4.69) is 0 Å². The molecule has 7 heteroatoms. The first kappa shape index (κ1) is 18.8. The number of benzene rings is 1. The van der Waals surface area contributed by atoms with Crippen LogP contribution in [0.2, 0.25) is 0 Å². The third-order valence-corrected chi connectivity index (χ3v) is 7.50. The van der Waals surface area contributed by atoms with Gasteiger partial charge in [-0.15, -0.1) is 0 Å². The molecule has 1 saturated heterocycles. The van der Waals surface area contributed by atoms with Crippen LogP contribution in [0.3, 0.4) is 0 Å². The van der Waals surface area contributed by atoms with Gasteiger partial charge in [-0.25, -0.2) is 0 Å². The van der Waals surface area contributed by atoms with E-state index >= 15 is 0 Å². The molecule has 1 aromatic carbocycles. The average Bonchev–Trinajstić information content (AvgIpc) is 3.47. The van der Waals surface area contributed by atoms with Gasteiger partial charge in [0.2, 0.25) is 0 Å². The summed E-state index contributed by atoms with van der Waals surface area (Å²) in [6.07, 6.45) is 6.57. The fourth-order valence-electron chi connectivity index (χ4n) is 4.85. The predicted octanol–water partition coefficient (Wildman–Crippen LogP) is 5.05. The number of furan rings is 1. The molecule has 150 valence electrons. The minimum atomic E-state index is -0.00507. The number of hydrogen-bond acceptors (Lipinski definition) is 6. The second-order valence-electron chi connectivity index (χ2n) is 7.92. The predicted molar refractivity (Wildman–Crippen MR) is 117 cm³/mol. The topological polar surface area (TPSA) is 62.9 Å². The zero-order valence-electron chi connectivity index (χ0n) is 16.0. The lowest BCUT2D eigenvalue weighted by molar-refractivity contribution is -0.124. The van der Waals surface area contributed by atoms with E-state index in [1.165, 1.54) is 37.1 Å². The molecule has 3 aliphatic rings. The van der Waals surface area contributed by atoms with Gasteiger partial charge in [-0.1, -0.05) is 30.4 Å². The molecular formula is C22H21NO4S2. The van der Waals surface area contributed by atoms with Crippen LogP contribution in [0, 0.1) is 11.8 Å². The van der Waals surface area contributed by atoms with Gasteiger partial charge in [-0.05, 0) is 55.4 Å². The highest BCUT2D eigenvalue weighted by atomic mass is 32.2. The zero-order valence-corrected chi connectivity index (χ0v) is 17.6. The van der Waals surface area contributed by atoms with Crippen LogP contribution >= 0.6 is 24.0 Å². The zero-order chi connectivity index (χ0) is 20.1. The molecule has 5 nitrogen and oxygen atoms in total. The van der Waals surface area contributed by atoms with Crippen molar-refractivity contribution < 1.29 is 19.1 Å². The lowest BCUT2D eigenvalue weighted by Crippen LogP contribution is -2.41. The molecule has 3 fully saturated rings. The molecule has 2 bridgehead atoms. The second kappa shape index (κ2) is 7.22. The molecule has 0 radical (unpaired) electrons. The maximum atomic E-state index is 13.0. The Hall–Kier alpha value is -2.25. The number of thiocarbonyl (C=S) groups is 1. The lowest BCUT2D eigenvalue weighted by atomic mass is 9.94. The molecule has 2 heterocycles. The number of hydrogen-bond donors (Lipinski definition) is 1. The summed E-state index contributed by atoms with van der Waals surface area (Å²) in [4.78, 5) is 15.5. The number of phenolic OH excluding ortho intramolecular Hbond substituents is 1. The molecule has 2 aromatic rings. The Labute approximate surface area is 178 Å². The Morgan fingerprint density at radius 3 is 2.86 bits per heavy atom. The number of carbonyl (C=O) groups is 1. The Bertz CT molecular complexity index is 1030. The molecule has 3 unspecified atom stereocenters. The van der Waals surface area contributed by atoms with E-state index in [4.69, 9.17) is 21.4 Å². The van der Waals surface area contributed by atoms with Gasteiger partial charge in [0.1, 0.15) is 27.3 Å². The van der Waals surface area contributed by atoms with Crippen molar-refractivity contribution in [3.8, 4) is 22.8 Å². The van der Waals surface area contributed by atoms with E-state index < -0.39 is 0 Å². The van der Waals surface area contributed by atoms with E-state index in [0.717, 1.165) is 12.3 Å².